The fourth-order valence-corrected chi connectivity index (χ4v) is 4.66. The minimum atomic E-state index is 0.132. The zero-order valence-corrected chi connectivity index (χ0v) is 13.8. The van der Waals surface area contributed by atoms with E-state index in [2.05, 4.69) is 39.1 Å². The Hall–Kier alpha value is -1.79. The molecule has 4 rings (SSSR count). The molecule has 5 nitrogen and oxygen atoms in total. The maximum Gasteiger partial charge on any atom is 0.173 e. The third kappa shape index (κ3) is 2.56. The predicted molar refractivity (Wildman–Crippen MR) is 92.5 cm³/mol. The Labute approximate surface area is 140 Å². The molecule has 1 spiro atoms. The molecule has 1 aromatic carbocycles. The van der Waals surface area contributed by atoms with Gasteiger partial charge < -0.3 is 15.6 Å². The first-order valence-electron chi connectivity index (χ1n) is 8.02. The topological polar surface area (TPSA) is 81.8 Å². The number of aromatic amines is 1. The van der Waals surface area contributed by atoms with Gasteiger partial charge in [-0.2, -0.15) is 0 Å². The molecule has 1 fully saturated rings. The quantitative estimate of drug-likeness (QED) is 0.427. The summed E-state index contributed by atoms with van der Waals surface area (Å²) < 4.78 is 0. The molecular formula is C17H21N5S. The van der Waals surface area contributed by atoms with E-state index in [9.17, 15) is 0 Å². The summed E-state index contributed by atoms with van der Waals surface area (Å²) in [6.07, 6.45) is 6.68. The SMILES string of the molecule is N=C(Sc1ncc[nH]1)N1CCC2(CC1)Cc1ccccc1[C@H]2N. The van der Waals surface area contributed by atoms with Crippen molar-refractivity contribution < 1.29 is 0 Å². The summed E-state index contributed by atoms with van der Waals surface area (Å²) in [7, 11) is 0. The van der Waals surface area contributed by atoms with Crippen molar-refractivity contribution in [3.63, 3.8) is 0 Å². The molecule has 2 aromatic rings. The van der Waals surface area contributed by atoms with Crippen molar-refractivity contribution in [2.75, 3.05) is 13.1 Å². The van der Waals surface area contributed by atoms with Crippen molar-refractivity contribution >= 4 is 16.9 Å². The van der Waals surface area contributed by atoms with E-state index in [-0.39, 0.29) is 11.5 Å². The lowest BCUT2D eigenvalue weighted by molar-refractivity contribution is 0.129. The summed E-state index contributed by atoms with van der Waals surface area (Å²) in [5.41, 5.74) is 9.50. The molecular weight excluding hydrogens is 306 g/mol. The second-order valence-corrected chi connectivity index (χ2v) is 7.48. The van der Waals surface area contributed by atoms with Crippen LogP contribution in [0.5, 0.6) is 0 Å². The first kappa shape index (κ1) is 14.8. The largest absolute Gasteiger partial charge is 0.351 e. The zero-order chi connectivity index (χ0) is 15.9. The number of H-pyrrole nitrogens is 1. The molecule has 0 radical (unpaired) electrons. The molecule has 6 heteroatoms. The lowest BCUT2D eigenvalue weighted by Gasteiger charge is -2.42. The molecule has 0 bridgehead atoms. The van der Waals surface area contributed by atoms with Gasteiger partial charge >= 0.3 is 0 Å². The minimum absolute atomic E-state index is 0.132. The normalized spacial score (nSPS) is 22.3. The number of aromatic nitrogens is 2. The van der Waals surface area contributed by atoms with Gasteiger partial charge in [0.05, 0.1) is 0 Å². The number of nitrogens with zero attached hydrogens (tertiary/aromatic N) is 2. The number of fused-ring (bicyclic) bond motifs is 1. The van der Waals surface area contributed by atoms with Crippen LogP contribution in [-0.2, 0) is 6.42 Å². The molecule has 2 aliphatic rings. The summed E-state index contributed by atoms with van der Waals surface area (Å²) in [6, 6.07) is 8.71. The highest BCUT2D eigenvalue weighted by molar-refractivity contribution is 8.13. The summed E-state index contributed by atoms with van der Waals surface area (Å²) in [5, 5.41) is 9.64. The lowest BCUT2D eigenvalue weighted by atomic mass is 9.73. The van der Waals surface area contributed by atoms with Crippen LogP contribution in [0.3, 0.4) is 0 Å². The standard InChI is InChI=1S/C17H21N5S/c18-14-13-4-2-1-3-12(13)11-17(14)5-9-22(10-6-17)15(19)23-16-20-7-8-21-16/h1-4,7-8,14,19H,5-6,9-11,18H2,(H,20,21)/t14-/m1/s1. The van der Waals surface area contributed by atoms with Gasteiger partial charge in [-0.1, -0.05) is 24.3 Å². The second kappa shape index (κ2) is 5.69. The van der Waals surface area contributed by atoms with Gasteiger partial charge in [-0.15, -0.1) is 0 Å². The van der Waals surface area contributed by atoms with Crippen molar-refractivity contribution in [1.29, 1.82) is 5.41 Å². The number of benzene rings is 1. The molecule has 1 aliphatic carbocycles. The van der Waals surface area contributed by atoms with E-state index in [1.54, 1.807) is 12.4 Å². The Kier molecular flexibility index (Phi) is 3.66. The van der Waals surface area contributed by atoms with Crippen LogP contribution in [-0.4, -0.2) is 33.1 Å². The van der Waals surface area contributed by atoms with E-state index in [1.165, 1.54) is 22.9 Å². The van der Waals surface area contributed by atoms with Crippen molar-refractivity contribution in [1.82, 2.24) is 14.9 Å². The van der Waals surface area contributed by atoms with Crippen LogP contribution in [0.2, 0.25) is 0 Å². The molecule has 1 saturated heterocycles. The third-order valence-electron chi connectivity index (χ3n) is 5.31. The van der Waals surface area contributed by atoms with Gasteiger partial charge in [0.15, 0.2) is 10.3 Å². The average molecular weight is 327 g/mol. The van der Waals surface area contributed by atoms with Gasteiger partial charge in [0.1, 0.15) is 0 Å². The van der Waals surface area contributed by atoms with Crippen LogP contribution in [0.15, 0.2) is 41.8 Å². The van der Waals surface area contributed by atoms with Gasteiger partial charge in [0.25, 0.3) is 0 Å². The Balaban J connectivity index is 1.43. The van der Waals surface area contributed by atoms with Gasteiger partial charge in [-0.05, 0) is 47.6 Å². The van der Waals surface area contributed by atoms with E-state index in [0.717, 1.165) is 37.5 Å². The van der Waals surface area contributed by atoms with E-state index in [4.69, 9.17) is 11.1 Å². The van der Waals surface area contributed by atoms with E-state index < -0.39 is 0 Å². The summed E-state index contributed by atoms with van der Waals surface area (Å²) in [4.78, 5) is 9.37. The number of likely N-dealkylation sites (tertiary alicyclic amines) is 1. The first-order valence-corrected chi connectivity index (χ1v) is 8.84. The summed E-state index contributed by atoms with van der Waals surface area (Å²) in [5.74, 6) is 0. The van der Waals surface area contributed by atoms with Crippen LogP contribution < -0.4 is 5.73 Å². The Morgan fingerprint density at radius 2 is 2.13 bits per heavy atom. The average Bonchev–Trinajstić information content (AvgIpc) is 3.16. The van der Waals surface area contributed by atoms with Crippen molar-refractivity contribution in [3.05, 3.63) is 47.8 Å². The molecule has 1 aromatic heterocycles. The Morgan fingerprint density at radius 3 is 2.83 bits per heavy atom. The van der Waals surface area contributed by atoms with Crippen molar-refractivity contribution in [3.8, 4) is 0 Å². The number of nitrogens with one attached hydrogen (secondary N) is 2. The minimum Gasteiger partial charge on any atom is -0.351 e. The Morgan fingerprint density at radius 1 is 1.35 bits per heavy atom. The fourth-order valence-electron chi connectivity index (χ4n) is 3.92. The van der Waals surface area contributed by atoms with E-state index >= 15 is 0 Å². The van der Waals surface area contributed by atoms with Gasteiger partial charge in [0.2, 0.25) is 0 Å². The predicted octanol–water partition coefficient (Wildman–Crippen LogP) is 2.77. The van der Waals surface area contributed by atoms with Crippen LogP contribution in [0.4, 0.5) is 0 Å². The highest BCUT2D eigenvalue weighted by Gasteiger charge is 2.46. The number of imidazole rings is 1. The van der Waals surface area contributed by atoms with Crippen LogP contribution in [0, 0.1) is 10.8 Å². The molecule has 2 heterocycles. The molecule has 0 unspecified atom stereocenters. The highest BCUT2D eigenvalue weighted by atomic mass is 32.2. The van der Waals surface area contributed by atoms with Crippen molar-refractivity contribution in [2.24, 2.45) is 11.1 Å². The van der Waals surface area contributed by atoms with Gasteiger partial charge in [-0.3, -0.25) is 5.41 Å². The third-order valence-corrected chi connectivity index (χ3v) is 6.17. The summed E-state index contributed by atoms with van der Waals surface area (Å²) in [6.45, 7) is 1.79. The monoisotopic (exact) mass is 327 g/mol. The van der Waals surface area contributed by atoms with Crippen LogP contribution in [0.25, 0.3) is 0 Å². The number of hydrogen-bond donors (Lipinski definition) is 3. The zero-order valence-electron chi connectivity index (χ0n) is 13.0. The Bertz CT molecular complexity index is 704. The highest BCUT2D eigenvalue weighted by Crippen LogP contribution is 2.50. The van der Waals surface area contributed by atoms with Gasteiger partial charge in [-0.25, -0.2) is 4.98 Å². The number of piperidine rings is 1. The smallest absolute Gasteiger partial charge is 0.173 e. The number of amidine groups is 1. The molecule has 0 saturated carbocycles. The first-order chi connectivity index (χ1) is 11.2. The molecule has 0 amide bonds. The van der Waals surface area contributed by atoms with E-state index in [0.29, 0.717) is 5.17 Å². The maximum atomic E-state index is 8.30. The van der Waals surface area contributed by atoms with E-state index in [1.807, 2.05) is 0 Å². The number of thioether (sulfide) groups is 1. The van der Waals surface area contributed by atoms with Crippen molar-refractivity contribution in [2.45, 2.75) is 30.5 Å². The van der Waals surface area contributed by atoms with Crippen LogP contribution in [0.1, 0.15) is 30.0 Å². The van der Waals surface area contributed by atoms with Crippen LogP contribution >= 0.6 is 11.8 Å². The second-order valence-electron chi connectivity index (χ2n) is 6.50. The van der Waals surface area contributed by atoms with Gasteiger partial charge in [0, 0.05) is 31.5 Å². The molecule has 4 N–H and O–H groups in total. The molecule has 1 atom stereocenters. The lowest BCUT2D eigenvalue weighted by Crippen LogP contribution is -2.45. The fraction of sp³-hybridized carbons (Fsp3) is 0.412. The number of nitrogens with two attached hydrogens (primary N) is 1. The number of hydrogen-bond acceptors (Lipinski definition) is 4. The molecule has 1 aliphatic heterocycles. The molecule has 23 heavy (non-hydrogen) atoms. The molecule has 120 valence electrons. The number of rotatable bonds is 1. The summed E-state index contributed by atoms with van der Waals surface area (Å²) >= 11 is 1.39. The maximum absolute atomic E-state index is 8.30.